The van der Waals surface area contributed by atoms with E-state index >= 15 is 0 Å². The first-order valence-electron chi connectivity index (χ1n) is 9.20. The molecule has 1 heterocycles. The Morgan fingerprint density at radius 2 is 1.88 bits per heavy atom. The number of ether oxygens (including phenoxy) is 3. The second-order valence-electron chi connectivity index (χ2n) is 6.35. The highest BCUT2D eigenvalue weighted by atomic mass is 32.1. The Morgan fingerprint density at radius 3 is 2.45 bits per heavy atom. The summed E-state index contributed by atoms with van der Waals surface area (Å²) in [6, 6.07) is 11.1. The molecule has 0 aliphatic rings. The molecule has 0 saturated carbocycles. The van der Waals surface area contributed by atoms with Gasteiger partial charge in [-0.15, -0.1) is 11.3 Å². The fraction of sp³-hybridized carbons (Fsp3) is 0.143. The second kappa shape index (κ2) is 10.5. The number of hydrogen-bond acceptors (Lipinski definition) is 8. The Kier molecular flexibility index (Phi) is 7.51. The van der Waals surface area contributed by atoms with Crippen molar-refractivity contribution in [2.45, 2.75) is 13.2 Å². The summed E-state index contributed by atoms with van der Waals surface area (Å²) in [5.41, 5.74) is -0.0612. The zero-order valence-corrected chi connectivity index (χ0v) is 17.8. The summed E-state index contributed by atoms with van der Waals surface area (Å²) >= 11 is 1.28. The molecule has 0 spiro atoms. The van der Waals surface area contributed by atoms with Crippen molar-refractivity contribution in [3.63, 3.8) is 0 Å². The van der Waals surface area contributed by atoms with E-state index < -0.39 is 35.5 Å². The van der Waals surface area contributed by atoms with Gasteiger partial charge in [0.2, 0.25) is 0 Å². The number of rotatable bonds is 9. The van der Waals surface area contributed by atoms with E-state index in [1.807, 2.05) is 0 Å². The highest BCUT2D eigenvalue weighted by Crippen LogP contribution is 2.36. The maximum atomic E-state index is 12.5. The van der Waals surface area contributed by atoms with Gasteiger partial charge >= 0.3 is 12.6 Å². The van der Waals surface area contributed by atoms with Crippen LogP contribution in [0, 0.1) is 10.1 Å². The molecule has 2 aromatic carbocycles. The summed E-state index contributed by atoms with van der Waals surface area (Å²) in [5, 5.41) is 15.8. The summed E-state index contributed by atoms with van der Waals surface area (Å²) in [6.07, 6.45) is 0. The van der Waals surface area contributed by atoms with E-state index in [-0.39, 0.29) is 22.8 Å². The third-order valence-electron chi connectivity index (χ3n) is 4.26. The van der Waals surface area contributed by atoms with E-state index in [1.54, 1.807) is 17.5 Å². The molecule has 1 amide bonds. The molecule has 0 unspecified atom stereocenters. The molecule has 0 bridgehead atoms. The first-order valence-corrected chi connectivity index (χ1v) is 10.1. The molecule has 1 N–H and O–H groups in total. The molecule has 0 saturated heterocycles. The Hall–Kier alpha value is -4.06. The van der Waals surface area contributed by atoms with E-state index in [2.05, 4.69) is 10.1 Å². The fourth-order valence-corrected chi connectivity index (χ4v) is 3.36. The largest absolute Gasteiger partial charge is 0.493 e. The van der Waals surface area contributed by atoms with Crippen molar-refractivity contribution in [3.05, 3.63) is 80.0 Å². The van der Waals surface area contributed by atoms with E-state index in [0.29, 0.717) is 10.6 Å². The molecule has 0 radical (unpaired) electrons. The smallest absolute Gasteiger partial charge is 0.387 e. The highest BCUT2D eigenvalue weighted by molar-refractivity contribution is 7.12. The number of hydrogen-bond donors (Lipinski definition) is 1. The van der Waals surface area contributed by atoms with Gasteiger partial charge in [-0.05, 0) is 41.8 Å². The SMILES string of the molecule is COc1cc(COC(=O)c2ccc(NC(=O)c3cccs3)cc2)c([N+](=O)[O-])cc1OC(F)F. The van der Waals surface area contributed by atoms with Gasteiger partial charge < -0.3 is 19.5 Å². The summed E-state index contributed by atoms with van der Waals surface area (Å²) in [4.78, 5) is 35.5. The number of anilines is 1. The van der Waals surface area contributed by atoms with Gasteiger partial charge in [0.25, 0.3) is 11.6 Å². The van der Waals surface area contributed by atoms with Crippen LogP contribution in [-0.2, 0) is 11.3 Å². The summed E-state index contributed by atoms with van der Waals surface area (Å²) in [7, 11) is 1.17. The van der Waals surface area contributed by atoms with Gasteiger partial charge in [0.05, 0.1) is 34.1 Å². The number of esters is 1. The second-order valence-corrected chi connectivity index (χ2v) is 7.30. The lowest BCUT2D eigenvalue weighted by Crippen LogP contribution is -2.11. The zero-order valence-electron chi connectivity index (χ0n) is 16.9. The number of nitrogens with one attached hydrogen (secondary N) is 1. The van der Waals surface area contributed by atoms with Crippen LogP contribution in [0.4, 0.5) is 20.2 Å². The van der Waals surface area contributed by atoms with Crippen molar-refractivity contribution >= 4 is 34.6 Å². The predicted octanol–water partition coefficient (Wildman–Crippen LogP) is 4.88. The summed E-state index contributed by atoms with van der Waals surface area (Å²) in [5.74, 6) is -1.78. The molecule has 172 valence electrons. The van der Waals surface area contributed by atoms with Gasteiger partial charge in [-0.2, -0.15) is 8.78 Å². The van der Waals surface area contributed by atoms with E-state index in [9.17, 15) is 28.5 Å². The number of thiophene rings is 1. The number of nitrogens with zero attached hydrogens (tertiary/aromatic N) is 1. The molecule has 0 atom stereocenters. The predicted molar refractivity (Wildman–Crippen MR) is 114 cm³/mol. The lowest BCUT2D eigenvalue weighted by molar-refractivity contribution is -0.386. The number of carbonyl (C=O) groups is 2. The summed E-state index contributed by atoms with van der Waals surface area (Å²) < 4.78 is 39.4. The minimum absolute atomic E-state index is 0.0772. The van der Waals surface area contributed by atoms with Crippen LogP contribution in [0.3, 0.4) is 0 Å². The van der Waals surface area contributed by atoms with Crippen LogP contribution in [-0.4, -0.2) is 30.5 Å². The normalized spacial score (nSPS) is 10.5. The zero-order chi connectivity index (χ0) is 24.0. The standard InChI is InChI=1S/C21H16F2N2O7S/c1-30-16-9-13(15(25(28)29)10-17(16)32-21(22)23)11-31-20(27)12-4-6-14(7-5-12)24-19(26)18-3-2-8-33-18/h2-10,21H,11H2,1H3,(H,24,26). The van der Waals surface area contributed by atoms with Gasteiger partial charge in [0.15, 0.2) is 11.5 Å². The van der Waals surface area contributed by atoms with E-state index in [1.165, 1.54) is 42.7 Å². The Balaban J connectivity index is 1.69. The number of nitro benzene ring substituents is 1. The highest BCUT2D eigenvalue weighted by Gasteiger charge is 2.23. The van der Waals surface area contributed by atoms with Crippen LogP contribution in [0.5, 0.6) is 11.5 Å². The van der Waals surface area contributed by atoms with Crippen LogP contribution in [0.2, 0.25) is 0 Å². The number of carbonyl (C=O) groups excluding carboxylic acids is 2. The summed E-state index contributed by atoms with van der Waals surface area (Å²) in [6.45, 7) is -3.72. The third kappa shape index (κ3) is 6.01. The molecule has 0 fully saturated rings. The molecular formula is C21H16F2N2O7S. The van der Waals surface area contributed by atoms with E-state index in [0.717, 1.165) is 12.1 Å². The van der Waals surface area contributed by atoms with Gasteiger partial charge in [-0.3, -0.25) is 14.9 Å². The number of alkyl halides is 2. The number of benzene rings is 2. The number of nitro groups is 1. The van der Waals surface area contributed by atoms with Crippen LogP contribution in [0.15, 0.2) is 53.9 Å². The van der Waals surface area contributed by atoms with Crippen molar-refractivity contribution in [1.29, 1.82) is 0 Å². The Labute approximate surface area is 189 Å². The lowest BCUT2D eigenvalue weighted by Gasteiger charge is -2.12. The van der Waals surface area contributed by atoms with Gasteiger partial charge in [0, 0.05) is 5.69 Å². The first kappa shape index (κ1) is 23.6. The maximum Gasteiger partial charge on any atom is 0.387 e. The number of halogens is 2. The van der Waals surface area contributed by atoms with Crippen LogP contribution in [0.25, 0.3) is 0 Å². The minimum atomic E-state index is -3.21. The average molecular weight is 478 g/mol. The number of amides is 1. The monoisotopic (exact) mass is 478 g/mol. The van der Waals surface area contributed by atoms with Crippen molar-refractivity contribution in [3.8, 4) is 11.5 Å². The fourth-order valence-electron chi connectivity index (χ4n) is 2.74. The molecular weight excluding hydrogens is 462 g/mol. The topological polar surface area (TPSA) is 117 Å². The van der Waals surface area contributed by atoms with Crippen molar-refractivity contribution in [1.82, 2.24) is 0 Å². The molecule has 0 aliphatic carbocycles. The average Bonchev–Trinajstić information content (AvgIpc) is 3.33. The molecule has 0 aliphatic heterocycles. The quantitative estimate of drug-likeness (QED) is 0.265. The Bertz CT molecular complexity index is 1150. The molecule has 3 aromatic rings. The number of methoxy groups -OCH3 is 1. The van der Waals surface area contributed by atoms with E-state index in [4.69, 9.17) is 9.47 Å². The van der Waals surface area contributed by atoms with Crippen molar-refractivity contribution in [2.75, 3.05) is 12.4 Å². The lowest BCUT2D eigenvalue weighted by atomic mass is 10.1. The van der Waals surface area contributed by atoms with Gasteiger partial charge in [-0.25, -0.2) is 4.79 Å². The van der Waals surface area contributed by atoms with Gasteiger partial charge in [0.1, 0.15) is 6.61 Å². The first-order chi connectivity index (χ1) is 15.8. The van der Waals surface area contributed by atoms with Crippen molar-refractivity contribution < 1.29 is 37.5 Å². The third-order valence-corrected chi connectivity index (χ3v) is 5.13. The molecule has 33 heavy (non-hydrogen) atoms. The molecule has 9 nitrogen and oxygen atoms in total. The maximum absolute atomic E-state index is 12.5. The van der Waals surface area contributed by atoms with Gasteiger partial charge in [-0.1, -0.05) is 6.07 Å². The van der Waals surface area contributed by atoms with Crippen LogP contribution in [0.1, 0.15) is 25.6 Å². The minimum Gasteiger partial charge on any atom is -0.493 e. The Morgan fingerprint density at radius 1 is 1.15 bits per heavy atom. The molecule has 3 rings (SSSR count). The molecule has 1 aromatic heterocycles. The van der Waals surface area contributed by atoms with Crippen LogP contribution >= 0.6 is 11.3 Å². The van der Waals surface area contributed by atoms with Crippen LogP contribution < -0.4 is 14.8 Å². The van der Waals surface area contributed by atoms with Crippen molar-refractivity contribution in [2.24, 2.45) is 0 Å². The molecule has 12 heteroatoms.